The molecule has 2 aromatic carbocycles. The molecular formula is C20H17N3O2. The lowest BCUT2D eigenvalue weighted by atomic mass is 10.1. The number of hydrogen-bond donors (Lipinski definition) is 2. The number of pyridine rings is 1. The molecule has 0 radical (unpaired) electrons. The molecule has 0 atom stereocenters. The van der Waals surface area contributed by atoms with E-state index in [2.05, 4.69) is 15.6 Å². The summed E-state index contributed by atoms with van der Waals surface area (Å²) in [5.41, 5.74) is 2.35. The van der Waals surface area contributed by atoms with Crippen molar-refractivity contribution in [3.05, 3.63) is 89.6 Å². The van der Waals surface area contributed by atoms with E-state index < -0.39 is 0 Å². The molecule has 0 aliphatic heterocycles. The van der Waals surface area contributed by atoms with Gasteiger partial charge in [-0.05, 0) is 43.3 Å². The molecule has 0 bridgehead atoms. The molecule has 0 aliphatic carbocycles. The Morgan fingerprint density at radius 1 is 0.840 bits per heavy atom. The van der Waals surface area contributed by atoms with Gasteiger partial charge < -0.3 is 10.6 Å². The topological polar surface area (TPSA) is 71.1 Å². The molecular weight excluding hydrogens is 314 g/mol. The second kappa shape index (κ2) is 7.40. The van der Waals surface area contributed by atoms with Gasteiger partial charge >= 0.3 is 0 Å². The number of carbonyl (C=O) groups is 2. The van der Waals surface area contributed by atoms with Gasteiger partial charge in [-0.1, -0.05) is 35.9 Å². The third-order valence-electron chi connectivity index (χ3n) is 3.61. The molecule has 0 fully saturated rings. The minimum atomic E-state index is -0.334. The van der Waals surface area contributed by atoms with Crippen molar-refractivity contribution in [1.29, 1.82) is 0 Å². The summed E-state index contributed by atoms with van der Waals surface area (Å²) in [7, 11) is 0. The van der Waals surface area contributed by atoms with Crippen molar-refractivity contribution >= 4 is 23.3 Å². The number of amides is 2. The zero-order valence-electron chi connectivity index (χ0n) is 13.7. The number of carbonyl (C=O) groups excluding carboxylic acids is 2. The normalized spacial score (nSPS) is 10.1. The Hall–Kier alpha value is -3.47. The van der Waals surface area contributed by atoms with Crippen LogP contribution in [0.4, 0.5) is 11.5 Å². The lowest BCUT2D eigenvalue weighted by Gasteiger charge is -2.11. The first-order valence-corrected chi connectivity index (χ1v) is 7.83. The lowest BCUT2D eigenvalue weighted by molar-refractivity contribution is 0.102. The van der Waals surface area contributed by atoms with Crippen LogP contribution in [0.3, 0.4) is 0 Å². The molecule has 25 heavy (non-hydrogen) atoms. The highest BCUT2D eigenvalue weighted by Crippen LogP contribution is 2.18. The van der Waals surface area contributed by atoms with Gasteiger partial charge in [0.2, 0.25) is 0 Å². The Bertz CT molecular complexity index is 908. The van der Waals surface area contributed by atoms with Crippen LogP contribution < -0.4 is 10.6 Å². The van der Waals surface area contributed by atoms with Crippen LogP contribution in [0.5, 0.6) is 0 Å². The monoisotopic (exact) mass is 331 g/mol. The Labute approximate surface area is 145 Å². The van der Waals surface area contributed by atoms with Crippen LogP contribution in [0.1, 0.15) is 26.3 Å². The standard InChI is InChI=1S/C20H17N3O2/c1-14-7-6-8-15(13-14)19(24)22-17-10-3-2-9-16(17)20(25)23-18-11-4-5-12-21-18/h2-13H,1H3,(H,22,24)(H,21,23,25). The van der Waals surface area contributed by atoms with Crippen LogP contribution in [0, 0.1) is 6.92 Å². The van der Waals surface area contributed by atoms with Gasteiger partial charge in [0.25, 0.3) is 11.8 Å². The average Bonchev–Trinajstić information content (AvgIpc) is 2.63. The van der Waals surface area contributed by atoms with Crippen molar-refractivity contribution in [3.63, 3.8) is 0 Å². The van der Waals surface area contributed by atoms with Gasteiger partial charge in [0.15, 0.2) is 0 Å². The SMILES string of the molecule is Cc1cccc(C(=O)Nc2ccccc2C(=O)Nc2ccccn2)c1. The van der Waals surface area contributed by atoms with Gasteiger partial charge in [-0.15, -0.1) is 0 Å². The van der Waals surface area contributed by atoms with E-state index in [9.17, 15) is 9.59 Å². The summed E-state index contributed by atoms with van der Waals surface area (Å²) < 4.78 is 0. The third-order valence-corrected chi connectivity index (χ3v) is 3.61. The number of anilines is 2. The molecule has 1 heterocycles. The van der Waals surface area contributed by atoms with Crippen molar-refractivity contribution in [1.82, 2.24) is 4.98 Å². The van der Waals surface area contributed by atoms with Crippen LogP contribution in [0.15, 0.2) is 72.9 Å². The van der Waals surface area contributed by atoms with Gasteiger partial charge in [0, 0.05) is 11.8 Å². The van der Waals surface area contributed by atoms with E-state index in [4.69, 9.17) is 0 Å². The fraction of sp³-hybridized carbons (Fsp3) is 0.0500. The van der Waals surface area contributed by atoms with Crippen molar-refractivity contribution in [2.75, 3.05) is 10.6 Å². The number of benzene rings is 2. The molecule has 2 amide bonds. The molecule has 5 heteroatoms. The quantitative estimate of drug-likeness (QED) is 0.762. The van der Waals surface area contributed by atoms with Crippen molar-refractivity contribution in [2.24, 2.45) is 0 Å². The third kappa shape index (κ3) is 4.09. The molecule has 0 aliphatic rings. The first-order valence-electron chi connectivity index (χ1n) is 7.83. The van der Waals surface area contributed by atoms with Gasteiger partial charge in [0.05, 0.1) is 11.3 Å². The molecule has 0 unspecified atom stereocenters. The number of nitrogens with zero attached hydrogens (tertiary/aromatic N) is 1. The number of hydrogen-bond acceptors (Lipinski definition) is 3. The van der Waals surface area contributed by atoms with E-state index in [1.54, 1.807) is 60.8 Å². The van der Waals surface area contributed by atoms with E-state index in [0.717, 1.165) is 5.56 Å². The van der Waals surface area contributed by atoms with E-state index in [1.165, 1.54) is 0 Å². The number of nitrogens with one attached hydrogen (secondary N) is 2. The second-order valence-corrected chi connectivity index (χ2v) is 5.54. The first-order chi connectivity index (χ1) is 12.1. The second-order valence-electron chi connectivity index (χ2n) is 5.54. The molecule has 3 rings (SSSR count). The molecule has 1 aromatic heterocycles. The van der Waals surface area contributed by atoms with E-state index in [-0.39, 0.29) is 11.8 Å². The molecule has 124 valence electrons. The van der Waals surface area contributed by atoms with Crippen LogP contribution >= 0.6 is 0 Å². The van der Waals surface area contributed by atoms with Gasteiger partial charge in [0.1, 0.15) is 5.82 Å². The minimum absolute atomic E-state index is 0.262. The highest BCUT2D eigenvalue weighted by molar-refractivity contribution is 6.12. The van der Waals surface area contributed by atoms with Crippen LogP contribution in [0.2, 0.25) is 0 Å². The Kier molecular flexibility index (Phi) is 4.85. The Balaban J connectivity index is 1.81. The fourth-order valence-corrected chi connectivity index (χ4v) is 2.39. The molecule has 2 N–H and O–H groups in total. The summed E-state index contributed by atoms with van der Waals surface area (Å²) in [4.78, 5) is 29.0. The molecule has 0 saturated heterocycles. The maximum Gasteiger partial charge on any atom is 0.258 e. The predicted molar refractivity (Wildman–Crippen MR) is 97.8 cm³/mol. The minimum Gasteiger partial charge on any atom is -0.321 e. The van der Waals surface area contributed by atoms with E-state index >= 15 is 0 Å². The van der Waals surface area contributed by atoms with Crippen LogP contribution in [-0.2, 0) is 0 Å². The Morgan fingerprint density at radius 2 is 1.64 bits per heavy atom. The van der Waals surface area contributed by atoms with E-state index in [1.807, 2.05) is 19.1 Å². The highest BCUT2D eigenvalue weighted by atomic mass is 16.2. The average molecular weight is 331 g/mol. The van der Waals surface area contributed by atoms with Gasteiger partial charge in [-0.2, -0.15) is 0 Å². The van der Waals surface area contributed by atoms with Crippen molar-refractivity contribution < 1.29 is 9.59 Å². The highest BCUT2D eigenvalue weighted by Gasteiger charge is 2.14. The number of aromatic nitrogens is 1. The first kappa shape index (κ1) is 16.4. The fourth-order valence-electron chi connectivity index (χ4n) is 2.39. The molecule has 3 aromatic rings. The maximum absolute atomic E-state index is 12.5. The molecule has 0 spiro atoms. The van der Waals surface area contributed by atoms with Gasteiger partial charge in [-0.3, -0.25) is 9.59 Å². The predicted octanol–water partition coefficient (Wildman–Crippen LogP) is 3.89. The van der Waals surface area contributed by atoms with Crippen LogP contribution in [-0.4, -0.2) is 16.8 Å². The molecule has 5 nitrogen and oxygen atoms in total. The number of rotatable bonds is 4. The summed E-state index contributed by atoms with van der Waals surface area (Å²) in [6.45, 7) is 1.92. The summed E-state index contributed by atoms with van der Waals surface area (Å²) in [6, 6.07) is 19.4. The summed E-state index contributed by atoms with van der Waals surface area (Å²) >= 11 is 0. The molecule has 0 saturated carbocycles. The van der Waals surface area contributed by atoms with Crippen molar-refractivity contribution in [3.8, 4) is 0 Å². The largest absolute Gasteiger partial charge is 0.321 e. The Morgan fingerprint density at radius 3 is 2.40 bits per heavy atom. The van der Waals surface area contributed by atoms with Crippen molar-refractivity contribution in [2.45, 2.75) is 6.92 Å². The number of para-hydroxylation sites is 1. The summed E-state index contributed by atoms with van der Waals surface area (Å²) in [5.74, 6) is -0.145. The maximum atomic E-state index is 12.5. The summed E-state index contributed by atoms with van der Waals surface area (Å²) in [6.07, 6.45) is 1.60. The summed E-state index contributed by atoms with van der Waals surface area (Å²) in [5, 5.41) is 5.52. The number of aryl methyl sites for hydroxylation is 1. The zero-order chi connectivity index (χ0) is 17.6. The van der Waals surface area contributed by atoms with Crippen LogP contribution in [0.25, 0.3) is 0 Å². The zero-order valence-corrected chi connectivity index (χ0v) is 13.7. The van der Waals surface area contributed by atoms with E-state index in [0.29, 0.717) is 22.6 Å². The smallest absolute Gasteiger partial charge is 0.258 e. The lowest BCUT2D eigenvalue weighted by Crippen LogP contribution is -2.18. The van der Waals surface area contributed by atoms with Gasteiger partial charge in [-0.25, -0.2) is 4.98 Å².